The Labute approximate surface area is 160 Å². The van der Waals surface area contributed by atoms with Crippen molar-refractivity contribution in [2.45, 2.75) is 18.9 Å². The van der Waals surface area contributed by atoms with E-state index in [0.717, 1.165) is 12.8 Å². The Morgan fingerprint density at radius 2 is 1.78 bits per heavy atom. The van der Waals surface area contributed by atoms with Crippen molar-refractivity contribution in [3.05, 3.63) is 65.5 Å². The van der Waals surface area contributed by atoms with Crippen molar-refractivity contribution in [3.63, 3.8) is 0 Å². The molecule has 27 heavy (non-hydrogen) atoms. The molecule has 1 heterocycles. The molecule has 1 atom stereocenters. The summed E-state index contributed by atoms with van der Waals surface area (Å²) in [6.45, 7) is 3.05. The summed E-state index contributed by atoms with van der Waals surface area (Å²) in [6, 6.07) is 15.7. The number of benzene rings is 2. The summed E-state index contributed by atoms with van der Waals surface area (Å²) in [5.41, 5.74) is 3.39. The number of aryl methyl sites for hydroxylation is 1. The highest BCUT2D eigenvalue weighted by Gasteiger charge is 2.29. The first-order valence-electron chi connectivity index (χ1n) is 9.69. The standard InChI is InChI=1S/C22H26FN3O/c1-24(20-11-10-17-6-2-3-7-18(17)20)16-22(27)26-14-12-25(13-15-26)21-9-5-4-8-19(21)23/h2-9,20H,10-16H2,1H3/t20-/m0/s1. The molecule has 4 rings (SSSR count). The van der Waals surface area contributed by atoms with Gasteiger partial charge in [0, 0.05) is 32.2 Å². The number of fused-ring (bicyclic) bond motifs is 1. The molecule has 0 aromatic heterocycles. The molecule has 5 heteroatoms. The van der Waals surface area contributed by atoms with Crippen molar-refractivity contribution in [3.8, 4) is 0 Å². The van der Waals surface area contributed by atoms with Gasteiger partial charge in [0.1, 0.15) is 5.82 Å². The molecule has 1 aliphatic carbocycles. The van der Waals surface area contributed by atoms with Crippen LogP contribution in [0.25, 0.3) is 0 Å². The van der Waals surface area contributed by atoms with E-state index in [1.807, 2.05) is 22.9 Å². The summed E-state index contributed by atoms with van der Waals surface area (Å²) in [5, 5.41) is 0. The topological polar surface area (TPSA) is 26.8 Å². The predicted molar refractivity (Wildman–Crippen MR) is 105 cm³/mol. The first kappa shape index (κ1) is 18.0. The second kappa shape index (κ2) is 7.69. The van der Waals surface area contributed by atoms with Crippen LogP contribution in [0.5, 0.6) is 0 Å². The fourth-order valence-corrected chi connectivity index (χ4v) is 4.32. The minimum atomic E-state index is -0.197. The van der Waals surface area contributed by atoms with E-state index in [1.165, 1.54) is 17.2 Å². The van der Waals surface area contributed by atoms with Gasteiger partial charge in [-0.2, -0.15) is 0 Å². The molecule has 0 N–H and O–H groups in total. The van der Waals surface area contributed by atoms with E-state index in [-0.39, 0.29) is 11.7 Å². The number of rotatable bonds is 4. The predicted octanol–water partition coefficient (Wildman–Crippen LogP) is 3.09. The van der Waals surface area contributed by atoms with E-state index in [9.17, 15) is 9.18 Å². The zero-order valence-electron chi connectivity index (χ0n) is 15.8. The number of anilines is 1. The highest BCUT2D eigenvalue weighted by Crippen LogP contribution is 2.34. The molecule has 0 spiro atoms. The maximum Gasteiger partial charge on any atom is 0.236 e. The third-order valence-corrected chi connectivity index (χ3v) is 5.84. The van der Waals surface area contributed by atoms with E-state index in [2.05, 4.69) is 29.2 Å². The van der Waals surface area contributed by atoms with E-state index < -0.39 is 0 Å². The Balaban J connectivity index is 1.33. The van der Waals surface area contributed by atoms with Gasteiger partial charge in [-0.05, 0) is 43.1 Å². The smallest absolute Gasteiger partial charge is 0.236 e. The van der Waals surface area contributed by atoms with Crippen LogP contribution in [0.4, 0.5) is 10.1 Å². The SMILES string of the molecule is CN(CC(=O)N1CCN(c2ccccc2F)CC1)[C@H]1CCc2ccccc21. The van der Waals surface area contributed by atoms with Gasteiger partial charge in [-0.25, -0.2) is 4.39 Å². The van der Waals surface area contributed by atoms with Crippen molar-refractivity contribution in [1.82, 2.24) is 9.80 Å². The van der Waals surface area contributed by atoms with Crippen molar-refractivity contribution in [1.29, 1.82) is 0 Å². The fourth-order valence-electron chi connectivity index (χ4n) is 4.32. The average Bonchev–Trinajstić information content (AvgIpc) is 3.13. The Bertz CT molecular complexity index is 817. The van der Waals surface area contributed by atoms with Crippen LogP contribution in [-0.2, 0) is 11.2 Å². The van der Waals surface area contributed by atoms with Gasteiger partial charge in [0.25, 0.3) is 0 Å². The second-order valence-electron chi connectivity index (χ2n) is 7.49. The monoisotopic (exact) mass is 367 g/mol. The van der Waals surface area contributed by atoms with Crippen LogP contribution in [0.3, 0.4) is 0 Å². The molecule has 2 aromatic rings. The average molecular weight is 367 g/mol. The molecule has 0 unspecified atom stereocenters. The normalized spacial score (nSPS) is 19.4. The van der Waals surface area contributed by atoms with Crippen LogP contribution in [0.15, 0.2) is 48.5 Å². The largest absolute Gasteiger partial charge is 0.366 e. The van der Waals surface area contributed by atoms with Crippen LogP contribution in [0, 0.1) is 5.82 Å². The van der Waals surface area contributed by atoms with Gasteiger partial charge in [0.2, 0.25) is 5.91 Å². The number of hydrogen-bond acceptors (Lipinski definition) is 3. The third kappa shape index (κ3) is 3.69. The molecular formula is C22H26FN3O. The fraction of sp³-hybridized carbons (Fsp3) is 0.409. The van der Waals surface area contributed by atoms with Crippen LogP contribution in [0.2, 0.25) is 0 Å². The number of halogens is 1. The molecule has 142 valence electrons. The third-order valence-electron chi connectivity index (χ3n) is 5.84. The molecule has 0 saturated carbocycles. The maximum atomic E-state index is 14.0. The summed E-state index contributed by atoms with van der Waals surface area (Å²) >= 11 is 0. The van der Waals surface area contributed by atoms with Gasteiger partial charge in [-0.15, -0.1) is 0 Å². The molecule has 2 aliphatic rings. The number of carbonyl (C=O) groups is 1. The molecule has 0 radical (unpaired) electrons. The summed E-state index contributed by atoms with van der Waals surface area (Å²) < 4.78 is 14.0. The van der Waals surface area contributed by atoms with E-state index >= 15 is 0 Å². The molecular weight excluding hydrogens is 341 g/mol. The Morgan fingerprint density at radius 3 is 2.56 bits per heavy atom. The second-order valence-corrected chi connectivity index (χ2v) is 7.49. The summed E-state index contributed by atoms with van der Waals surface area (Å²) in [4.78, 5) is 18.9. The minimum absolute atomic E-state index is 0.162. The molecule has 4 nitrogen and oxygen atoms in total. The number of likely N-dealkylation sites (N-methyl/N-ethyl adjacent to an activating group) is 1. The number of amides is 1. The lowest BCUT2D eigenvalue weighted by atomic mass is 10.1. The lowest BCUT2D eigenvalue weighted by Gasteiger charge is -2.37. The first-order chi connectivity index (χ1) is 13.1. The summed E-state index contributed by atoms with van der Waals surface area (Å²) in [5.74, 6) is -0.0352. The number of nitrogens with zero attached hydrogens (tertiary/aromatic N) is 3. The zero-order chi connectivity index (χ0) is 18.8. The van der Waals surface area contributed by atoms with Crippen molar-refractivity contribution in [2.24, 2.45) is 0 Å². The Hall–Kier alpha value is -2.40. The molecule has 0 bridgehead atoms. The minimum Gasteiger partial charge on any atom is -0.366 e. The van der Waals surface area contributed by atoms with Crippen LogP contribution in [0.1, 0.15) is 23.6 Å². The molecule has 2 aromatic carbocycles. The lowest BCUT2D eigenvalue weighted by molar-refractivity contribution is -0.132. The van der Waals surface area contributed by atoms with Gasteiger partial charge in [0.05, 0.1) is 12.2 Å². The Kier molecular flexibility index (Phi) is 5.12. The first-order valence-corrected chi connectivity index (χ1v) is 9.69. The molecule has 1 aliphatic heterocycles. The Morgan fingerprint density at radius 1 is 1.07 bits per heavy atom. The maximum absolute atomic E-state index is 14.0. The van der Waals surface area contributed by atoms with Crippen LogP contribution < -0.4 is 4.90 Å². The number of hydrogen-bond donors (Lipinski definition) is 0. The number of para-hydroxylation sites is 1. The van der Waals surface area contributed by atoms with E-state index in [0.29, 0.717) is 44.5 Å². The van der Waals surface area contributed by atoms with Gasteiger partial charge in [0.15, 0.2) is 0 Å². The molecule has 1 fully saturated rings. The van der Waals surface area contributed by atoms with Crippen molar-refractivity contribution >= 4 is 11.6 Å². The highest BCUT2D eigenvalue weighted by atomic mass is 19.1. The summed E-state index contributed by atoms with van der Waals surface area (Å²) in [6.07, 6.45) is 2.16. The quantitative estimate of drug-likeness (QED) is 0.831. The van der Waals surface area contributed by atoms with Crippen molar-refractivity contribution in [2.75, 3.05) is 44.7 Å². The number of piperazine rings is 1. The zero-order valence-corrected chi connectivity index (χ0v) is 15.8. The lowest BCUT2D eigenvalue weighted by Crippen LogP contribution is -2.51. The van der Waals surface area contributed by atoms with E-state index in [1.54, 1.807) is 12.1 Å². The van der Waals surface area contributed by atoms with Gasteiger partial charge < -0.3 is 9.80 Å². The van der Waals surface area contributed by atoms with Crippen LogP contribution >= 0.6 is 0 Å². The van der Waals surface area contributed by atoms with Gasteiger partial charge in [-0.3, -0.25) is 9.69 Å². The molecule has 1 saturated heterocycles. The van der Waals surface area contributed by atoms with Crippen LogP contribution in [-0.4, -0.2) is 55.5 Å². The summed E-state index contributed by atoms with van der Waals surface area (Å²) in [7, 11) is 2.04. The molecule has 1 amide bonds. The van der Waals surface area contributed by atoms with Gasteiger partial charge >= 0.3 is 0 Å². The number of carbonyl (C=O) groups excluding carboxylic acids is 1. The van der Waals surface area contributed by atoms with Crippen molar-refractivity contribution < 1.29 is 9.18 Å². The van der Waals surface area contributed by atoms with Gasteiger partial charge in [-0.1, -0.05) is 36.4 Å². The highest BCUT2D eigenvalue weighted by molar-refractivity contribution is 5.78. The van der Waals surface area contributed by atoms with E-state index in [4.69, 9.17) is 0 Å².